The van der Waals surface area contributed by atoms with Crippen molar-refractivity contribution in [1.29, 1.82) is 0 Å². The summed E-state index contributed by atoms with van der Waals surface area (Å²) >= 11 is 0. The standard InChI is InChI=1S/C13H16/c1-10-7-8-12-6-4-3-5-11(2)13(12)9-10/h7-9H,2-6H2,1H3. The summed E-state index contributed by atoms with van der Waals surface area (Å²) < 4.78 is 0. The molecule has 2 rings (SSSR count). The zero-order valence-electron chi connectivity index (χ0n) is 8.27. The van der Waals surface area contributed by atoms with Gasteiger partial charge in [-0.05, 0) is 49.3 Å². The summed E-state index contributed by atoms with van der Waals surface area (Å²) in [5.74, 6) is 0. The third-order valence-electron chi connectivity index (χ3n) is 2.82. The first-order valence-electron chi connectivity index (χ1n) is 5.05. The molecule has 1 aliphatic rings. The van der Waals surface area contributed by atoms with Crippen molar-refractivity contribution >= 4 is 5.57 Å². The van der Waals surface area contributed by atoms with Crippen LogP contribution in [0.2, 0.25) is 0 Å². The summed E-state index contributed by atoms with van der Waals surface area (Å²) in [6.07, 6.45) is 5.02. The van der Waals surface area contributed by atoms with Crippen LogP contribution in [0, 0.1) is 6.92 Å². The van der Waals surface area contributed by atoms with Crippen molar-refractivity contribution in [2.45, 2.75) is 32.6 Å². The molecule has 0 bridgehead atoms. The van der Waals surface area contributed by atoms with Gasteiger partial charge in [0.15, 0.2) is 0 Å². The normalized spacial score (nSPS) is 16.5. The molecule has 1 aromatic rings. The quantitative estimate of drug-likeness (QED) is 0.523. The highest BCUT2D eigenvalue weighted by Crippen LogP contribution is 2.28. The Kier molecular flexibility index (Phi) is 2.22. The lowest BCUT2D eigenvalue weighted by atomic mass is 9.98. The number of benzene rings is 1. The van der Waals surface area contributed by atoms with Crippen LogP contribution in [0.3, 0.4) is 0 Å². The van der Waals surface area contributed by atoms with Gasteiger partial charge in [0, 0.05) is 0 Å². The molecule has 0 heteroatoms. The molecule has 13 heavy (non-hydrogen) atoms. The number of hydrogen-bond donors (Lipinski definition) is 0. The van der Waals surface area contributed by atoms with Crippen LogP contribution >= 0.6 is 0 Å². The molecule has 0 saturated carbocycles. The molecule has 0 radical (unpaired) electrons. The molecular weight excluding hydrogens is 156 g/mol. The molecular formula is C13H16. The van der Waals surface area contributed by atoms with Crippen molar-refractivity contribution in [3.8, 4) is 0 Å². The Morgan fingerprint density at radius 3 is 2.77 bits per heavy atom. The third-order valence-corrected chi connectivity index (χ3v) is 2.82. The van der Waals surface area contributed by atoms with Crippen LogP contribution in [0.1, 0.15) is 36.0 Å². The Balaban J connectivity index is 2.49. The van der Waals surface area contributed by atoms with Crippen molar-refractivity contribution in [3.63, 3.8) is 0 Å². The summed E-state index contributed by atoms with van der Waals surface area (Å²) in [5, 5.41) is 0. The molecule has 0 heterocycles. The van der Waals surface area contributed by atoms with Crippen molar-refractivity contribution in [2.75, 3.05) is 0 Å². The molecule has 0 saturated heterocycles. The van der Waals surface area contributed by atoms with E-state index in [4.69, 9.17) is 0 Å². The fourth-order valence-corrected chi connectivity index (χ4v) is 2.03. The Morgan fingerprint density at radius 2 is 1.92 bits per heavy atom. The number of rotatable bonds is 0. The third kappa shape index (κ3) is 1.67. The van der Waals surface area contributed by atoms with Gasteiger partial charge in [-0.2, -0.15) is 0 Å². The average Bonchev–Trinajstić information content (AvgIpc) is 2.29. The predicted octanol–water partition coefficient (Wildman–Crippen LogP) is 3.73. The highest BCUT2D eigenvalue weighted by Gasteiger charge is 2.10. The Morgan fingerprint density at radius 1 is 1.15 bits per heavy atom. The summed E-state index contributed by atoms with van der Waals surface area (Å²) in [6, 6.07) is 6.75. The van der Waals surface area contributed by atoms with E-state index >= 15 is 0 Å². The Hall–Kier alpha value is -1.04. The first-order valence-corrected chi connectivity index (χ1v) is 5.05. The monoisotopic (exact) mass is 172 g/mol. The minimum Gasteiger partial charge on any atom is -0.0952 e. The number of fused-ring (bicyclic) bond motifs is 1. The molecule has 0 atom stereocenters. The highest BCUT2D eigenvalue weighted by atomic mass is 14.1. The van der Waals surface area contributed by atoms with Gasteiger partial charge in [0.25, 0.3) is 0 Å². The molecule has 1 aromatic carbocycles. The summed E-state index contributed by atoms with van der Waals surface area (Å²) in [4.78, 5) is 0. The van der Waals surface area contributed by atoms with Crippen molar-refractivity contribution in [3.05, 3.63) is 41.5 Å². The Bertz CT molecular complexity index is 334. The SMILES string of the molecule is C=C1CCCCc2ccc(C)cc21. The smallest absolute Gasteiger partial charge is 0.0196 e. The lowest BCUT2D eigenvalue weighted by Gasteiger charge is -2.08. The maximum Gasteiger partial charge on any atom is -0.0196 e. The zero-order valence-corrected chi connectivity index (χ0v) is 8.27. The van der Waals surface area contributed by atoms with Crippen LogP contribution in [0.25, 0.3) is 5.57 Å². The van der Waals surface area contributed by atoms with Gasteiger partial charge in [0.1, 0.15) is 0 Å². The van der Waals surface area contributed by atoms with Gasteiger partial charge < -0.3 is 0 Å². The van der Waals surface area contributed by atoms with Gasteiger partial charge in [-0.25, -0.2) is 0 Å². The van der Waals surface area contributed by atoms with E-state index in [1.807, 2.05) is 0 Å². The summed E-state index contributed by atoms with van der Waals surface area (Å²) in [6.45, 7) is 6.31. The van der Waals surface area contributed by atoms with E-state index in [-0.39, 0.29) is 0 Å². The van der Waals surface area contributed by atoms with Gasteiger partial charge in [-0.1, -0.05) is 30.3 Å². The number of aryl methyl sites for hydroxylation is 2. The average molecular weight is 172 g/mol. The maximum absolute atomic E-state index is 4.16. The molecule has 68 valence electrons. The molecule has 0 unspecified atom stereocenters. The molecule has 0 nitrogen and oxygen atoms in total. The maximum atomic E-state index is 4.16. The second-order valence-corrected chi connectivity index (χ2v) is 3.97. The van der Waals surface area contributed by atoms with Crippen LogP contribution in [-0.2, 0) is 6.42 Å². The summed E-state index contributed by atoms with van der Waals surface area (Å²) in [7, 11) is 0. The van der Waals surface area contributed by atoms with Gasteiger partial charge in [-0.3, -0.25) is 0 Å². The van der Waals surface area contributed by atoms with E-state index in [1.54, 1.807) is 0 Å². The van der Waals surface area contributed by atoms with E-state index in [9.17, 15) is 0 Å². The lowest BCUT2D eigenvalue weighted by Crippen LogP contribution is -1.89. The van der Waals surface area contributed by atoms with Crippen LogP contribution < -0.4 is 0 Å². The Labute approximate surface area is 80.3 Å². The van der Waals surface area contributed by atoms with Gasteiger partial charge >= 0.3 is 0 Å². The molecule has 0 amide bonds. The molecule has 0 aromatic heterocycles. The van der Waals surface area contributed by atoms with E-state index in [1.165, 1.54) is 47.9 Å². The fourth-order valence-electron chi connectivity index (χ4n) is 2.03. The highest BCUT2D eigenvalue weighted by molar-refractivity contribution is 5.67. The fraction of sp³-hybridized carbons (Fsp3) is 0.385. The largest absolute Gasteiger partial charge is 0.0952 e. The predicted molar refractivity (Wildman–Crippen MR) is 57.8 cm³/mol. The number of hydrogen-bond acceptors (Lipinski definition) is 0. The molecule has 0 N–H and O–H groups in total. The van der Waals surface area contributed by atoms with Crippen LogP contribution in [0.5, 0.6) is 0 Å². The second-order valence-electron chi connectivity index (χ2n) is 3.97. The van der Waals surface area contributed by atoms with Gasteiger partial charge in [0.05, 0.1) is 0 Å². The van der Waals surface area contributed by atoms with E-state index < -0.39 is 0 Å². The van der Waals surface area contributed by atoms with E-state index in [0.29, 0.717) is 0 Å². The number of allylic oxidation sites excluding steroid dienone is 1. The minimum absolute atomic E-state index is 1.18. The van der Waals surface area contributed by atoms with Crippen LogP contribution in [-0.4, -0.2) is 0 Å². The summed E-state index contributed by atoms with van der Waals surface area (Å²) in [5.41, 5.74) is 5.59. The van der Waals surface area contributed by atoms with E-state index in [2.05, 4.69) is 31.7 Å². The van der Waals surface area contributed by atoms with Crippen molar-refractivity contribution < 1.29 is 0 Å². The topological polar surface area (TPSA) is 0 Å². The molecule has 0 spiro atoms. The molecule has 0 aliphatic heterocycles. The lowest BCUT2D eigenvalue weighted by molar-refractivity contribution is 0.771. The van der Waals surface area contributed by atoms with Crippen LogP contribution in [0.4, 0.5) is 0 Å². The molecule has 1 aliphatic carbocycles. The minimum atomic E-state index is 1.18. The first kappa shape index (κ1) is 8.55. The zero-order chi connectivity index (χ0) is 9.26. The first-order chi connectivity index (χ1) is 6.27. The molecule has 0 fully saturated rings. The van der Waals surface area contributed by atoms with Crippen molar-refractivity contribution in [1.82, 2.24) is 0 Å². The van der Waals surface area contributed by atoms with Crippen molar-refractivity contribution in [2.24, 2.45) is 0 Å². The van der Waals surface area contributed by atoms with Gasteiger partial charge in [-0.15, -0.1) is 0 Å². The van der Waals surface area contributed by atoms with E-state index in [0.717, 1.165) is 0 Å². The second kappa shape index (κ2) is 3.37. The van der Waals surface area contributed by atoms with Crippen LogP contribution in [0.15, 0.2) is 24.8 Å². The van der Waals surface area contributed by atoms with Gasteiger partial charge in [0.2, 0.25) is 0 Å².